The summed E-state index contributed by atoms with van der Waals surface area (Å²) in [4.78, 5) is 0. The summed E-state index contributed by atoms with van der Waals surface area (Å²) in [7, 11) is 0. The quantitative estimate of drug-likeness (QED) is 0.617. The Hall–Kier alpha value is -1.36. The molecule has 3 aromatic rings. The molecule has 0 bridgehead atoms. The topological polar surface area (TPSA) is 17.8 Å². The van der Waals surface area contributed by atoms with Crippen LogP contribution >= 0.6 is 22.6 Å². The van der Waals surface area contributed by atoms with E-state index in [1.807, 2.05) is 22.9 Å². The molecule has 0 saturated heterocycles. The van der Waals surface area contributed by atoms with E-state index in [-0.39, 0.29) is 0 Å². The molecular formula is C14H11IN2. The van der Waals surface area contributed by atoms with Gasteiger partial charge in [0.25, 0.3) is 0 Å². The van der Waals surface area contributed by atoms with Crippen LogP contribution in [0.25, 0.3) is 16.6 Å². The second-order valence-electron chi connectivity index (χ2n) is 4.01. The molecule has 3 heteroatoms. The standard InChI is InChI=1S/C14H11IN2/c1-10-6-5-9-12-13(10)17(16-14(12)15)11-7-3-2-4-8-11/h2-9H,1H3. The highest BCUT2D eigenvalue weighted by Gasteiger charge is 2.10. The Morgan fingerprint density at radius 3 is 2.53 bits per heavy atom. The summed E-state index contributed by atoms with van der Waals surface area (Å²) in [5.74, 6) is 0. The first-order valence-electron chi connectivity index (χ1n) is 5.46. The molecular weight excluding hydrogens is 323 g/mol. The zero-order chi connectivity index (χ0) is 11.8. The first kappa shape index (κ1) is 10.8. The molecule has 0 radical (unpaired) electrons. The third-order valence-electron chi connectivity index (χ3n) is 2.86. The molecule has 0 N–H and O–H groups in total. The zero-order valence-electron chi connectivity index (χ0n) is 9.39. The van der Waals surface area contributed by atoms with E-state index in [1.54, 1.807) is 0 Å². The first-order valence-corrected chi connectivity index (χ1v) is 6.54. The fraction of sp³-hybridized carbons (Fsp3) is 0.0714. The van der Waals surface area contributed by atoms with Crippen molar-refractivity contribution in [3.8, 4) is 5.69 Å². The highest BCUT2D eigenvalue weighted by molar-refractivity contribution is 14.1. The normalized spacial score (nSPS) is 10.9. The van der Waals surface area contributed by atoms with Crippen LogP contribution in [0, 0.1) is 10.6 Å². The van der Waals surface area contributed by atoms with Gasteiger partial charge in [0.2, 0.25) is 0 Å². The molecule has 0 fully saturated rings. The fourth-order valence-electron chi connectivity index (χ4n) is 2.05. The van der Waals surface area contributed by atoms with Crippen molar-refractivity contribution in [2.24, 2.45) is 0 Å². The van der Waals surface area contributed by atoms with Gasteiger partial charge in [-0.25, -0.2) is 4.68 Å². The highest BCUT2D eigenvalue weighted by atomic mass is 127. The minimum Gasteiger partial charge on any atom is -0.232 e. The Bertz CT molecular complexity index is 671. The number of para-hydroxylation sites is 2. The van der Waals surface area contributed by atoms with Gasteiger partial charge in [-0.3, -0.25) is 0 Å². The van der Waals surface area contributed by atoms with Gasteiger partial charge in [-0.2, -0.15) is 5.10 Å². The Labute approximate surface area is 113 Å². The predicted octanol–water partition coefficient (Wildman–Crippen LogP) is 3.94. The van der Waals surface area contributed by atoms with Crippen LogP contribution in [0.3, 0.4) is 0 Å². The molecule has 84 valence electrons. The maximum atomic E-state index is 4.62. The number of aryl methyl sites for hydroxylation is 1. The number of nitrogens with zero attached hydrogens (tertiary/aromatic N) is 2. The van der Waals surface area contributed by atoms with Gasteiger partial charge < -0.3 is 0 Å². The van der Waals surface area contributed by atoms with Gasteiger partial charge >= 0.3 is 0 Å². The molecule has 0 aliphatic carbocycles. The number of rotatable bonds is 1. The van der Waals surface area contributed by atoms with Gasteiger partial charge in [0.15, 0.2) is 0 Å². The van der Waals surface area contributed by atoms with E-state index >= 15 is 0 Å². The van der Waals surface area contributed by atoms with Crippen LogP contribution < -0.4 is 0 Å². The van der Waals surface area contributed by atoms with E-state index in [0.29, 0.717) is 0 Å². The smallest absolute Gasteiger partial charge is 0.131 e. The molecule has 0 saturated carbocycles. The second kappa shape index (κ2) is 4.14. The average Bonchev–Trinajstić information content (AvgIpc) is 2.70. The van der Waals surface area contributed by atoms with Crippen molar-refractivity contribution in [2.75, 3.05) is 0 Å². The monoisotopic (exact) mass is 334 g/mol. The summed E-state index contributed by atoms with van der Waals surface area (Å²) in [6.45, 7) is 2.12. The molecule has 3 rings (SSSR count). The van der Waals surface area contributed by atoms with E-state index < -0.39 is 0 Å². The van der Waals surface area contributed by atoms with E-state index in [1.165, 1.54) is 16.5 Å². The van der Waals surface area contributed by atoms with Crippen molar-refractivity contribution < 1.29 is 0 Å². The lowest BCUT2D eigenvalue weighted by atomic mass is 10.1. The molecule has 0 amide bonds. The molecule has 1 heterocycles. The lowest BCUT2D eigenvalue weighted by Gasteiger charge is -2.04. The zero-order valence-corrected chi connectivity index (χ0v) is 11.5. The predicted molar refractivity (Wildman–Crippen MR) is 78.5 cm³/mol. The van der Waals surface area contributed by atoms with Gasteiger partial charge in [0, 0.05) is 5.39 Å². The van der Waals surface area contributed by atoms with Crippen molar-refractivity contribution in [2.45, 2.75) is 6.92 Å². The van der Waals surface area contributed by atoms with Crippen LogP contribution in [-0.4, -0.2) is 9.78 Å². The summed E-state index contributed by atoms with van der Waals surface area (Å²) in [6.07, 6.45) is 0. The largest absolute Gasteiger partial charge is 0.232 e. The molecule has 0 aliphatic rings. The Morgan fingerprint density at radius 2 is 1.76 bits per heavy atom. The number of aromatic nitrogens is 2. The lowest BCUT2D eigenvalue weighted by molar-refractivity contribution is 0.894. The molecule has 0 atom stereocenters. The molecule has 17 heavy (non-hydrogen) atoms. The van der Waals surface area contributed by atoms with E-state index in [4.69, 9.17) is 0 Å². The Kier molecular flexibility index (Phi) is 2.63. The maximum absolute atomic E-state index is 4.62. The first-order chi connectivity index (χ1) is 8.27. The summed E-state index contributed by atoms with van der Waals surface area (Å²) < 4.78 is 3.07. The summed E-state index contributed by atoms with van der Waals surface area (Å²) in [5, 5.41) is 5.84. The number of halogens is 1. The van der Waals surface area contributed by atoms with Crippen LogP contribution in [0.5, 0.6) is 0 Å². The Balaban J connectivity index is 2.38. The van der Waals surface area contributed by atoms with Crippen molar-refractivity contribution in [1.29, 1.82) is 0 Å². The third kappa shape index (κ3) is 1.74. The van der Waals surface area contributed by atoms with Gasteiger partial charge in [-0.1, -0.05) is 36.4 Å². The highest BCUT2D eigenvalue weighted by Crippen LogP contribution is 2.25. The molecule has 0 aliphatic heterocycles. The van der Waals surface area contributed by atoms with Crippen LogP contribution in [-0.2, 0) is 0 Å². The van der Waals surface area contributed by atoms with Gasteiger partial charge in [0.05, 0.1) is 11.2 Å². The minimum absolute atomic E-state index is 1.05. The summed E-state index contributed by atoms with van der Waals surface area (Å²) in [5.41, 5.74) is 3.56. The van der Waals surface area contributed by atoms with Crippen LogP contribution in [0.2, 0.25) is 0 Å². The van der Waals surface area contributed by atoms with E-state index in [2.05, 4.69) is 64.9 Å². The second-order valence-corrected chi connectivity index (χ2v) is 5.03. The number of hydrogen-bond acceptors (Lipinski definition) is 1. The molecule has 2 nitrogen and oxygen atoms in total. The fourth-order valence-corrected chi connectivity index (χ4v) is 2.71. The van der Waals surface area contributed by atoms with Crippen LogP contribution in [0.1, 0.15) is 5.56 Å². The van der Waals surface area contributed by atoms with Gasteiger partial charge in [0.1, 0.15) is 3.70 Å². The number of hydrogen-bond donors (Lipinski definition) is 0. The van der Waals surface area contributed by atoms with E-state index in [0.717, 1.165) is 9.39 Å². The van der Waals surface area contributed by atoms with Crippen molar-refractivity contribution >= 4 is 33.5 Å². The van der Waals surface area contributed by atoms with Crippen molar-refractivity contribution in [3.05, 3.63) is 57.8 Å². The van der Waals surface area contributed by atoms with Gasteiger partial charge in [-0.05, 0) is 47.2 Å². The van der Waals surface area contributed by atoms with Gasteiger partial charge in [-0.15, -0.1) is 0 Å². The van der Waals surface area contributed by atoms with Crippen LogP contribution in [0.4, 0.5) is 0 Å². The molecule has 0 spiro atoms. The molecule has 1 aromatic heterocycles. The average molecular weight is 334 g/mol. The molecule has 2 aromatic carbocycles. The Morgan fingerprint density at radius 1 is 1.00 bits per heavy atom. The number of fused-ring (bicyclic) bond motifs is 1. The SMILES string of the molecule is Cc1cccc2c(I)nn(-c3ccccc3)c12. The van der Waals surface area contributed by atoms with Crippen molar-refractivity contribution in [1.82, 2.24) is 9.78 Å². The van der Waals surface area contributed by atoms with Crippen molar-refractivity contribution in [3.63, 3.8) is 0 Å². The number of benzene rings is 2. The summed E-state index contributed by atoms with van der Waals surface area (Å²) >= 11 is 2.29. The minimum atomic E-state index is 1.05. The third-order valence-corrected chi connectivity index (χ3v) is 3.66. The van der Waals surface area contributed by atoms with E-state index in [9.17, 15) is 0 Å². The van der Waals surface area contributed by atoms with Crippen LogP contribution in [0.15, 0.2) is 48.5 Å². The summed E-state index contributed by atoms with van der Waals surface area (Å²) in [6, 6.07) is 16.6. The maximum Gasteiger partial charge on any atom is 0.131 e. The lowest BCUT2D eigenvalue weighted by Crippen LogP contribution is -1.96. The molecule has 0 unspecified atom stereocenters.